The molecule has 0 spiro atoms. The fourth-order valence-corrected chi connectivity index (χ4v) is 5.63. The van der Waals surface area contributed by atoms with E-state index in [0.717, 1.165) is 25.7 Å². The molecule has 2 fully saturated rings. The van der Waals surface area contributed by atoms with Crippen molar-refractivity contribution in [3.8, 4) is 0 Å². The summed E-state index contributed by atoms with van der Waals surface area (Å²) in [4.78, 5) is 11.6. The van der Waals surface area contributed by atoms with E-state index in [1.54, 1.807) is 0 Å². The Morgan fingerprint density at radius 1 is 1.25 bits per heavy atom. The third-order valence-electron chi connectivity index (χ3n) is 6.82. The van der Waals surface area contributed by atoms with Crippen LogP contribution in [0.1, 0.15) is 45.4 Å². The topological polar surface area (TPSA) is 37.3 Å². The van der Waals surface area contributed by atoms with Gasteiger partial charge in [-0.25, -0.2) is 0 Å². The summed E-state index contributed by atoms with van der Waals surface area (Å²) in [5.74, 6) is 2.89. The number of allylic oxidation sites excluding steroid dienone is 4. The standard InChI is InChI=1S/C18H24O2/c1-18-9-8-14-13-5-3-12(19)10-11(13)2-4-15(14)16(18)6-7-17(18)20/h2,4,10,13-17,20H,3,5-9H2,1H3/t13-,14-,15+,16-,17-,18-/m0/s1. The molecule has 4 aliphatic carbocycles. The lowest BCUT2D eigenvalue weighted by atomic mass is 9.54. The Labute approximate surface area is 120 Å². The van der Waals surface area contributed by atoms with Crippen LogP contribution in [0.3, 0.4) is 0 Å². The molecular weight excluding hydrogens is 248 g/mol. The van der Waals surface area contributed by atoms with Crippen LogP contribution in [0.5, 0.6) is 0 Å². The van der Waals surface area contributed by atoms with Crippen molar-refractivity contribution in [3.63, 3.8) is 0 Å². The molecule has 0 aliphatic heterocycles. The third-order valence-corrected chi connectivity index (χ3v) is 6.82. The molecule has 20 heavy (non-hydrogen) atoms. The molecule has 0 radical (unpaired) electrons. The predicted octanol–water partition coefficient (Wildman–Crippen LogP) is 3.27. The minimum absolute atomic E-state index is 0.105. The molecule has 0 saturated heterocycles. The largest absolute Gasteiger partial charge is 0.393 e. The van der Waals surface area contributed by atoms with Gasteiger partial charge in [-0.15, -0.1) is 0 Å². The molecule has 4 aliphatic rings. The van der Waals surface area contributed by atoms with E-state index >= 15 is 0 Å². The van der Waals surface area contributed by atoms with Crippen LogP contribution in [0.25, 0.3) is 0 Å². The van der Waals surface area contributed by atoms with Crippen LogP contribution < -0.4 is 0 Å². The van der Waals surface area contributed by atoms with Crippen LogP contribution in [-0.2, 0) is 4.79 Å². The lowest BCUT2D eigenvalue weighted by Gasteiger charge is -2.51. The van der Waals surface area contributed by atoms with E-state index in [1.807, 2.05) is 6.08 Å². The van der Waals surface area contributed by atoms with Crippen molar-refractivity contribution >= 4 is 5.78 Å². The number of carbonyl (C=O) groups excluding carboxylic acids is 1. The molecule has 4 rings (SSSR count). The van der Waals surface area contributed by atoms with Gasteiger partial charge in [0.15, 0.2) is 5.78 Å². The average Bonchev–Trinajstić information content (AvgIpc) is 2.74. The summed E-state index contributed by atoms with van der Waals surface area (Å²) in [6.07, 6.45) is 12.7. The Balaban J connectivity index is 1.69. The van der Waals surface area contributed by atoms with Gasteiger partial charge in [0.2, 0.25) is 0 Å². The van der Waals surface area contributed by atoms with E-state index in [2.05, 4.69) is 19.1 Å². The molecule has 2 saturated carbocycles. The summed E-state index contributed by atoms with van der Waals surface area (Å²) in [6, 6.07) is 0. The molecule has 0 aromatic carbocycles. The van der Waals surface area contributed by atoms with Crippen molar-refractivity contribution < 1.29 is 9.90 Å². The van der Waals surface area contributed by atoms with Gasteiger partial charge in [0.25, 0.3) is 0 Å². The molecule has 0 aromatic rings. The van der Waals surface area contributed by atoms with E-state index in [9.17, 15) is 9.90 Å². The van der Waals surface area contributed by atoms with Gasteiger partial charge < -0.3 is 5.11 Å². The molecule has 0 unspecified atom stereocenters. The van der Waals surface area contributed by atoms with Gasteiger partial charge in [0, 0.05) is 6.42 Å². The summed E-state index contributed by atoms with van der Waals surface area (Å²) in [5, 5.41) is 10.4. The Morgan fingerprint density at radius 3 is 2.95 bits per heavy atom. The van der Waals surface area contributed by atoms with Crippen LogP contribution >= 0.6 is 0 Å². The van der Waals surface area contributed by atoms with Crippen LogP contribution in [0.4, 0.5) is 0 Å². The van der Waals surface area contributed by atoms with Crippen molar-refractivity contribution in [3.05, 3.63) is 23.8 Å². The monoisotopic (exact) mass is 272 g/mol. The fraction of sp³-hybridized carbons (Fsp3) is 0.722. The molecular formula is C18H24O2. The van der Waals surface area contributed by atoms with Crippen molar-refractivity contribution in [1.29, 1.82) is 0 Å². The van der Waals surface area contributed by atoms with E-state index in [4.69, 9.17) is 0 Å². The first kappa shape index (κ1) is 12.8. The predicted molar refractivity (Wildman–Crippen MR) is 78.0 cm³/mol. The molecule has 0 heterocycles. The van der Waals surface area contributed by atoms with Gasteiger partial charge in [-0.3, -0.25) is 4.79 Å². The Kier molecular flexibility index (Phi) is 2.76. The number of carbonyl (C=O) groups is 1. The molecule has 1 N–H and O–H groups in total. The highest BCUT2D eigenvalue weighted by atomic mass is 16.3. The zero-order valence-corrected chi connectivity index (χ0v) is 12.2. The minimum atomic E-state index is -0.105. The molecule has 2 nitrogen and oxygen atoms in total. The van der Waals surface area contributed by atoms with Crippen molar-refractivity contribution in [2.24, 2.45) is 29.1 Å². The number of hydrogen-bond acceptors (Lipinski definition) is 2. The number of aliphatic hydroxyl groups is 1. The van der Waals surface area contributed by atoms with E-state index in [1.165, 1.54) is 18.4 Å². The molecule has 0 aromatic heterocycles. The van der Waals surface area contributed by atoms with E-state index in [-0.39, 0.29) is 11.5 Å². The summed E-state index contributed by atoms with van der Waals surface area (Å²) in [6.45, 7) is 2.30. The number of ketones is 1. The quantitative estimate of drug-likeness (QED) is 0.735. The molecule has 2 heteroatoms. The second kappa shape index (κ2) is 4.30. The SMILES string of the molecule is C[C@]12CC[C@@H]3[C@@H](C=CC4=CC(=O)CC[C@@H]43)[C@@H]1CC[C@@H]2O. The first-order valence-corrected chi connectivity index (χ1v) is 8.20. The molecule has 108 valence electrons. The number of fused-ring (bicyclic) bond motifs is 5. The third kappa shape index (κ3) is 1.64. The maximum absolute atomic E-state index is 11.6. The van der Waals surface area contributed by atoms with Gasteiger partial charge in [0.05, 0.1) is 6.10 Å². The highest BCUT2D eigenvalue weighted by Crippen LogP contribution is 2.60. The van der Waals surface area contributed by atoms with E-state index in [0.29, 0.717) is 29.5 Å². The second-order valence-electron chi connectivity index (χ2n) is 7.60. The first-order chi connectivity index (χ1) is 9.59. The smallest absolute Gasteiger partial charge is 0.155 e. The zero-order chi connectivity index (χ0) is 13.9. The van der Waals surface area contributed by atoms with Crippen LogP contribution in [0, 0.1) is 29.1 Å². The summed E-state index contributed by atoms with van der Waals surface area (Å²) >= 11 is 0. The fourth-order valence-electron chi connectivity index (χ4n) is 5.63. The summed E-state index contributed by atoms with van der Waals surface area (Å²) in [7, 11) is 0. The molecule has 6 atom stereocenters. The lowest BCUT2D eigenvalue weighted by Crippen LogP contribution is -2.46. The van der Waals surface area contributed by atoms with Crippen LogP contribution in [-0.4, -0.2) is 17.0 Å². The number of hydrogen-bond donors (Lipinski definition) is 1. The first-order valence-electron chi connectivity index (χ1n) is 8.20. The Morgan fingerprint density at radius 2 is 2.10 bits per heavy atom. The van der Waals surface area contributed by atoms with Crippen molar-refractivity contribution in [1.82, 2.24) is 0 Å². The normalized spacial score (nSPS) is 50.2. The maximum atomic E-state index is 11.6. The van der Waals surface area contributed by atoms with Crippen molar-refractivity contribution in [2.45, 2.75) is 51.6 Å². The van der Waals surface area contributed by atoms with Gasteiger partial charge in [-0.2, -0.15) is 0 Å². The van der Waals surface area contributed by atoms with Gasteiger partial charge in [-0.05, 0) is 72.8 Å². The summed E-state index contributed by atoms with van der Waals surface area (Å²) in [5.41, 5.74) is 1.42. The van der Waals surface area contributed by atoms with Crippen LogP contribution in [0.2, 0.25) is 0 Å². The lowest BCUT2D eigenvalue weighted by molar-refractivity contribution is -0.115. The van der Waals surface area contributed by atoms with Gasteiger partial charge in [-0.1, -0.05) is 19.1 Å². The number of aliphatic hydroxyl groups excluding tert-OH is 1. The van der Waals surface area contributed by atoms with Crippen LogP contribution in [0.15, 0.2) is 23.8 Å². The van der Waals surface area contributed by atoms with E-state index < -0.39 is 0 Å². The Bertz CT molecular complexity index is 504. The maximum Gasteiger partial charge on any atom is 0.155 e. The molecule has 0 bridgehead atoms. The molecule has 0 amide bonds. The highest BCUT2D eigenvalue weighted by Gasteiger charge is 2.54. The van der Waals surface area contributed by atoms with Crippen molar-refractivity contribution in [2.75, 3.05) is 0 Å². The minimum Gasteiger partial charge on any atom is -0.393 e. The zero-order valence-electron chi connectivity index (χ0n) is 12.2. The van der Waals surface area contributed by atoms with Gasteiger partial charge in [0.1, 0.15) is 0 Å². The Hall–Kier alpha value is -0.890. The average molecular weight is 272 g/mol. The second-order valence-corrected chi connectivity index (χ2v) is 7.60. The summed E-state index contributed by atoms with van der Waals surface area (Å²) < 4.78 is 0. The highest BCUT2D eigenvalue weighted by molar-refractivity contribution is 5.91. The van der Waals surface area contributed by atoms with Gasteiger partial charge >= 0.3 is 0 Å². The number of rotatable bonds is 0.